The van der Waals surface area contributed by atoms with E-state index >= 15 is 0 Å². The summed E-state index contributed by atoms with van der Waals surface area (Å²) in [5.74, 6) is -4.10. The van der Waals surface area contributed by atoms with Crippen molar-refractivity contribution in [1.29, 1.82) is 0 Å². The van der Waals surface area contributed by atoms with Crippen LogP contribution in [-0.2, 0) is 4.79 Å². The van der Waals surface area contributed by atoms with E-state index in [0.717, 1.165) is 11.0 Å². The quantitative estimate of drug-likeness (QED) is 0.579. The van der Waals surface area contributed by atoms with Crippen molar-refractivity contribution in [3.05, 3.63) is 36.0 Å². The number of halogens is 5. The fourth-order valence-corrected chi connectivity index (χ4v) is 2.72. The van der Waals surface area contributed by atoms with Gasteiger partial charge in [-0.3, -0.25) is 4.79 Å². The molecule has 1 aliphatic heterocycles. The summed E-state index contributed by atoms with van der Waals surface area (Å²) in [7, 11) is 0. The molecule has 1 fully saturated rings. The number of carbonyl (C=O) groups is 1. The summed E-state index contributed by atoms with van der Waals surface area (Å²) < 4.78 is 65.4. The van der Waals surface area contributed by atoms with Crippen LogP contribution >= 0.6 is 0 Å². The smallest absolute Gasteiger partial charge is 0.382 e. The number of alkyl halides is 3. The predicted octanol–water partition coefficient (Wildman–Crippen LogP) is 2.76. The molecule has 0 aromatic carbocycles. The highest BCUT2D eigenvalue weighted by Crippen LogP contribution is 2.35. The lowest BCUT2D eigenvalue weighted by atomic mass is 9.81. The van der Waals surface area contributed by atoms with Gasteiger partial charge in [0.1, 0.15) is 0 Å². The van der Waals surface area contributed by atoms with Gasteiger partial charge < -0.3 is 15.7 Å². The van der Waals surface area contributed by atoms with Crippen LogP contribution in [0.1, 0.15) is 20.3 Å². The van der Waals surface area contributed by atoms with E-state index < -0.39 is 54.4 Å². The molecule has 0 radical (unpaired) electrons. The largest absolute Gasteiger partial charge is 0.416 e. The Labute approximate surface area is 142 Å². The molecule has 1 saturated heterocycles. The second-order valence-electron chi connectivity index (χ2n) is 5.92. The number of allylic oxidation sites excluding steroid dienone is 4. The van der Waals surface area contributed by atoms with Gasteiger partial charge in [-0.05, 0) is 31.9 Å². The van der Waals surface area contributed by atoms with Crippen molar-refractivity contribution in [2.75, 3.05) is 6.54 Å². The second kappa shape index (κ2) is 8.09. The van der Waals surface area contributed by atoms with Crippen molar-refractivity contribution in [3.63, 3.8) is 0 Å². The van der Waals surface area contributed by atoms with Crippen molar-refractivity contribution >= 4 is 5.91 Å². The van der Waals surface area contributed by atoms with E-state index in [0.29, 0.717) is 0 Å². The summed E-state index contributed by atoms with van der Waals surface area (Å²) in [6.07, 6.45) is -5.62. The van der Waals surface area contributed by atoms with Gasteiger partial charge in [0, 0.05) is 12.0 Å². The lowest BCUT2D eigenvalue weighted by Gasteiger charge is -2.43. The normalized spacial score (nSPS) is 27.5. The van der Waals surface area contributed by atoms with Crippen LogP contribution in [0.25, 0.3) is 0 Å². The first kappa shape index (κ1) is 21.3. The van der Waals surface area contributed by atoms with E-state index in [4.69, 9.17) is 5.73 Å². The van der Waals surface area contributed by atoms with Crippen LogP contribution in [0.4, 0.5) is 22.0 Å². The molecule has 0 bridgehead atoms. The van der Waals surface area contributed by atoms with Crippen LogP contribution in [0.15, 0.2) is 36.0 Å². The number of carbonyl (C=O) groups excluding carboxylic acids is 1. The highest BCUT2D eigenvalue weighted by molar-refractivity contribution is 5.83. The van der Waals surface area contributed by atoms with E-state index in [9.17, 15) is 31.9 Å². The molecule has 0 saturated carbocycles. The molecule has 25 heavy (non-hydrogen) atoms. The zero-order valence-electron chi connectivity index (χ0n) is 13.9. The van der Waals surface area contributed by atoms with Gasteiger partial charge in [-0.2, -0.15) is 13.2 Å². The number of piperidine rings is 1. The molecular weight excluding hydrogens is 347 g/mol. The van der Waals surface area contributed by atoms with Crippen molar-refractivity contribution < 1.29 is 31.9 Å². The molecule has 0 aromatic heterocycles. The van der Waals surface area contributed by atoms with Gasteiger partial charge in [0.2, 0.25) is 5.91 Å². The minimum absolute atomic E-state index is 0.0893. The van der Waals surface area contributed by atoms with Gasteiger partial charge in [-0.1, -0.05) is 12.7 Å². The zero-order chi connectivity index (χ0) is 19.5. The number of aliphatic hydroxyl groups is 1. The fourth-order valence-electron chi connectivity index (χ4n) is 2.72. The van der Waals surface area contributed by atoms with Gasteiger partial charge in [-0.15, -0.1) is 0 Å². The summed E-state index contributed by atoms with van der Waals surface area (Å²) in [6.45, 7) is 5.29. The number of amides is 1. The van der Waals surface area contributed by atoms with E-state index in [2.05, 4.69) is 6.58 Å². The lowest BCUT2D eigenvalue weighted by Crippen LogP contribution is -2.59. The molecule has 9 heteroatoms. The van der Waals surface area contributed by atoms with E-state index in [1.165, 1.54) is 19.9 Å². The number of likely N-dealkylation sites (tertiary alicyclic amines) is 1. The molecule has 0 aromatic rings. The number of hydrogen-bond donors (Lipinski definition) is 2. The summed E-state index contributed by atoms with van der Waals surface area (Å²) in [5.41, 5.74) is 5.34. The first-order chi connectivity index (χ1) is 11.4. The third kappa shape index (κ3) is 4.88. The Hall–Kier alpha value is -1.74. The number of aliphatic hydroxyl groups excluding tert-OH is 1. The topological polar surface area (TPSA) is 66.6 Å². The first-order valence-electron chi connectivity index (χ1n) is 7.59. The average molecular weight is 368 g/mol. The van der Waals surface area contributed by atoms with E-state index in [1.54, 1.807) is 0 Å². The van der Waals surface area contributed by atoms with Gasteiger partial charge in [0.05, 0.1) is 12.6 Å². The molecule has 0 unspecified atom stereocenters. The standard InChI is InChI=1S/C16H21F5N2O2/c1-4-5-11(17)14(18)8(2)10-6-12(22)15(25)23(9(10)3)7-13(24)16(19,20)21/h4-5,9-10,12-13,24H,2,6-7,22H2,1,3H3/b5-4-,14-11-/t9-,10+,12+,13+/m1/s1. The number of rotatable bonds is 5. The van der Waals surface area contributed by atoms with E-state index in [-0.39, 0.29) is 12.0 Å². The molecule has 1 rings (SSSR count). The molecule has 142 valence electrons. The SMILES string of the molecule is C=C(/C(F)=C(F)\C=C/C)[C@@H]1C[C@H](N)C(=O)N(C[C@H](O)C(F)(F)F)[C@@H]1C. The minimum Gasteiger partial charge on any atom is -0.382 e. The number of β-amino-alcohol motifs (C(OH)–C–C–N with tert-alkyl or cyclic N) is 1. The Morgan fingerprint density at radius 2 is 2.04 bits per heavy atom. The molecule has 1 heterocycles. The van der Waals surface area contributed by atoms with Crippen LogP contribution in [0.3, 0.4) is 0 Å². The average Bonchev–Trinajstić information content (AvgIpc) is 2.52. The van der Waals surface area contributed by atoms with Crippen LogP contribution in [-0.4, -0.2) is 46.8 Å². The third-order valence-corrected chi connectivity index (χ3v) is 4.18. The van der Waals surface area contributed by atoms with Gasteiger partial charge >= 0.3 is 6.18 Å². The van der Waals surface area contributed by atoms with Gasteiger partial charge in [-0.25, -0.2) is 8.78 Å². The van der Waals surface area contributed by atoms with Crippen molar-refractivity contribution in [2.45, 2.75) is 44.6 Å². The van der Waals surface area contributed by atoms with E-state index in [1.807, 2.05) is 0 Å². The Morgan fingerprint density at radius 1 is 1.48 bits per heavy atom. The maximum absolute atomic E-state index is 14.1. The molecule has 4 atom stereocenters. The predicted molar refractivity (Wildman–Crippen MR) is 82.5 cm³/mol. The monoisotopic (exact) mass is 368 g/mol. The Bertz CT molecular complexity index is 586. The molecule has 1 amide bonds. The number of nitrogens with two attached hydrogens (primary N) is 1. The summed E-state index contributed by atoms with van der Waals surface area (Å²) in [4.78, 5) is 12.8. The number of nitrogens with zero attached hydrogens (tertiary/aromatic N) is 1. The highest BCUT2D eigenvalue weighted by atomic mass is 19.4. The highest BCUT2D eigenvalue weighted by Gasteiger charge is 2.45. The minimum atomic E-state index is -4.92. The molecule has 4 nitrogen and oxygen atoms in total. The van der Waals surface area contributed by atoms with Crippen LogP contribution in [0, 0.1) is 5.92 Å². The molecule has 1 aliphatic rings. The summed E-state index contributed by atoms with van der Waals surface area (Å²) >= 11 is 0. The van der Waals surface area contributed by atoms with Crippen molar-refractivity contribution in [1.82, 2.24) is 4.90 Å². The molecular formula is C16H21F5N2O2. The van der Waals surface area contributed by atoms with Crippen molar-refractivity contribution in [2.24, 2.45) is 11.7 Å². The maximum atomic E-state index is 14.1. The second-order valence-corrected chi connectivity index (χ2v) is 5.92. The Balaban J connectivity index is 3.10. The Kier molecular flexibility index (Phi) is 6.90. The lowest BCUT2D eigenvalue weighted by molar-refractivity contribution is -0.210. The third-order valence-electron chi connectivity index (χ3n) is 4.18. The zero-order valence-corrected chi connectivity index (χ0v) is 13.9. The Morgan fingerprint density at radius 3 is 2.52 bits per heavy atom. The fraction of sp³-hybridized carbons (Fsp3) is 0.562. The molecule has 0 spiro atoms. The number of hydrogen-bond acceptors (Lipinski definition) is 3. The summed E-state index contributed by atoms with van der Waals surface area (Å²) in [6, 6.07) is -2.14. The summed E-state index contributed by atoms with van der Waals surface area (Å²) in [5, 5.41) is 9.22. The first-order valence-corrected chi connectivity index (χ1v) is 7.59. The molecule has 0 aliphatic carbocycles. The van der Waals surface area contributed by atoms with Crippen LogP contribution < -0.4 is 5.73 Å². The molecule has 3 N–H and O–H groups in total. The van der Waals surface area contributed by atoms with Crippen LogP contribution in [0.5, 0.6) is 0 Å². The maximum Gasteiger partial charge on any atom is 0.416 e. The van der Waals surface area contributed by atoms with Gasteiger partial charge in [0.15, 0.2) is 17.8 Å². The van der Waals surface area contributed by atoms with Gasteiger partial charge in [0.25, 0.3) is 0 Å². The van der Waals surface area contributed by atoms with Crippen molar-refractivity contribution in [3.8, 4) is 0 Å². The van der Waals surface area contributed by atoms with Crippen LogP contribution in [0.2, 0.25) is 0 Å².